The van der Waals surface area contributed by atoms with Gasteiger partial charge in [0.2, 0.25) is 0 Å². The first-order valence-electron chi connectivity index (χ1n) is 4.72. The molecular weight excluding hydrogens is 421 g/mol. The predicted octanol–water partition coefficient (Wildman–Crippen LogP) is 3.72. The molecule has 0 aromatic heterocycles. The Morgan fingerprint density at radius 3 is 0.522 bits per heavy atom. The van der Waals surface area contributed by atoms with Gasteiger partial charge >= 0.3 is 24.7 Å². The molecule has 0 aromatic rings. The molecule has 0 fully saturated rings. The molecule has 0 saturated carbocycles. The van der Waals surface area contributed by atoms with Crippen molar-refractivity contribution in [2.45, 2.75) is 49.8 Å². The Kier molecular flexibility index (Phi) is 8.74. The standard InChI is InChI=1S/2C4H4F6O.Zn/c2*1-2(11,3(5,6)7)4(8,9)10;/h2*11H,1H3;. The largest absolute Gasteiger partial charge is 0.425 e. The van der Waals surface area contributed by atoms with Crippen molar-refractivity contribution in [1.82, 2.24) is 0 Å². The van der Waals surface area contributed by atoms with Crippen LogP contribution in [-0.2, 0) is 19.5 Å². The second kappa shape index (κ2) is 7.30. The Balaban J connectivity index is -0.000000333. The summed E-state index contributed by atoms with van der Waals surface area (Å²) in [5.74, 6) is 0. The molecule has 0 saturated heterocycles. The van der Waals surface area contributed by atoms with E-state index in [0.717, 1.165) is 0 Å². The van der Waals surface area contributed by atoms with Crippen LogP contribution < -0.4 is 0 Å². The molecule has 0 bridgehead atoms. The van der Waals surface area contributed by atoms with Crippen molar-refractivity contribution in [3.05, 3.63) is 0 Å². The number of hydrogen-bond donors (Lipinski definition) is 2. The molecule has 0 atom stereocenters. The normalized spacial score (nSPS) is 14.6. The van der Waals surface area contributed by atoms with E-state index in [4.69, 9.17) is 10.2 Å². The topological polar surface area (TPSA) is 40.5 Å². The van der Waals surface area contributed by atoms with Gasteiger partial charge in [0.15, 0.2) is 0 Å². The van der Waals surface area contributed by atoms with E-state index in [9.17, 15) is 52.7 Å². The zero-order valence-electron chi connectivity index (χ0n) is 11.1. The fraction of sp³-hybridized carbons (Fsp3) is 1.00. The molecule has 0 unspecified atom stereocenters. The minimum absolute atomic E-state index is 0. The van der Waals surface area contributed by atoms with E-state index < -0.39 is 35.9 Å². The van der Waals surface area contributed by atoms with Gasteiger partial charge in [-0.1, -0.05) is 0 Å². The second-order valence-corrected chi connectivity index (χ2v) is 4.14. The fourth-order valence-corrected chi connectivity index (χ4v) is 0.321. The van der Waals surface area contributed by atoms with E-state index in [1.54, 1.807) is 0 Å². The minimum atomic E-state index is -5.69. The van der Waals surface area contributed by atoms with Crippen molar-refractivity contribution in [3.63, 3.8) is 0 Å². The van der Waals surface area contributed by atoms with Crippen LogP contribution in [0.15, 0.2) is 0 Å². The molecule has 0 rings (SSSR count). The van der Waals surface area contributed by atoms with E-state index in [-0.39, 0.29) is 33.3 Å². The molecule has 0 heterocycles. The smallest absolute Gasteiger partial charge is 0.374 e. The monoisotopic (exact) mass is 428 g/mol. The van der Waals surface area contributed by atoms with Crippen LogP contribution in [0, 0.1) is 0 Å². The van der Waals surface area contributed by atoms with Gasteiger partial charge in [0, 0.05) is 19.5 Å². The van der Waals surface area contributed by atoms with Gasteiger partial charge in [-0.15, -0.1) is 0 Å². The molecular formula is C8H8F12O2Zn. The van der Waals surface area contributed by atoms with Gasteiger partial charge in [-0.3, -0.25) is 0 Å². The Morgan fingerprint density at radius 1 is 0.435 bits per heavy atom. The maximum Gasteiger partial charge on any atom is 0.425 e. The third-order valence-corrected chi connectivity index (χ3v) is 2.21. The van der Waals surface area contributed by atoms with Gasteiger partial charge in [-0.25, -0.2) is 0 Å². The number of alkyl halides is 12. The molecule has 2 nitrogen and oxygen atoms in total. The third-order valence-electron chi connectivity index (χ3n) is 2.21. The van der Waals surface area contributed by atoms with Crippen LogP contribution in [0.1, 0.15) is 13.8 Å². The van der Waals surface area contributed by atoms with Crippen LogP contribution in [0.3, 0.4) is 0 Å². The van der Waals surface area contributed by atoms with Crippen molar-refractivity contribution in [1.29, 1.82) is 0 Å². The molecule has 0 aromatic carbocycles. The molecule has 0 spiro atoms. The van der Waals surface area contributed by atoms with Gasteiger partial charge in [0.25, 0.3) is 11.2 Å². The maximum atomic E-state index is 11.4. The van der Waals surface area contributed by atoms with Crippen LogP contribution in [-0.4, -0.2) is 46.1 Å². The summed E-state index contributed by atoms with van der Waals surface area (Å²) in [6.07, 6.45) is -22.8. The van der Waals surface area contributed by atoms with E-state index in [1.807, 2.05) is 0 Å². The molecule has 0 aliphatic heterocycles. The number of aliphatic hydroxyl groups is 2. The minimum Gasteiger partial charge on any atom is -0.374 e. The molecule has 0 amide bonds. The predicted molar refractivity (Wildman–Crippen MR) is 45.5 cm³/mol. The zero-order valence-corrected chi connectivity index (χ0v) is 14.1. The summed E-state index contributed by atoms with van der Waals surface area (Å²) in [5, 5.41) is 15.9. The van der Waals surface area contributed by atoms with Crippen LogP contribution >= 0.6 is 0 Å². The van der Waals surface area contributed by atoms with Crippen molar-refractivity contribution in [3.8, 4) is 0 Å². The first-order valence-corrected chi connectivity index (χ1v) is 4.72. The number of halogens is 12. The summed E-state index contributed by atoms with van der Waals surface area (Å²) in [5.41, 5.74) is -9.25. The van der Waals surface area contributed by atoms with Gasteiger partial charge < -0.3 is 10.2 Å². The quantitative estimate of drug-likeness (QED) is 0.455. The SMILES string of the molecule is CC(O)(C(F)(F)F)C(F)(F)F.CC(O)(C(F)(F)F)C(F)(F)F.[Zn]. The number of hydrogen-bond acceptors (Lipinski definition) is 2. The van der Waals surface area contributed by atoms with Gasteiger partial charge in [0.05, 0.1) is 0 Å². The van der Waals surface area contributed by atoms with E-state index in [1.165, 1.54) is 0 Å². The Morgan fingerprint density at radius 2 is 0.522 bits per heavy atom. The molecule has 138 valence electrons. The van der Waals surface area contributed by atoms with Crippen molar-refractivity contribution in [2.24, 2.45) is 0 Å². The molecule has 23 heavy (non-hydrogen) atoms. The third kappa shape index (κ3) is 6.61. The fourth-order valence-electron chi connectivity index (χ4n) is 0.321. The summed E-state index contributed by atoms with van der Waals surface area (Å²) in [6.45, 7) is -0.681. The Bertz CT molecular complexity index is 293. The van der Waals surface area contributed by atoms with Crippen molar-refractivity contribution >= 4 is 0 Å². The molecule has 0 aliphatic rings. The van der Waals surface area contributed by atoms with Crippen molar-refractivity contribution in [2.75, 3.05) is 0 Å². The maximum absolute atomic E-state index is 11.4. The zero-order chi connectivity index (χ0) is 19.0. The summed E-state index contributed by atoms with van der Waals surface area (Å²) >= 11 is 0. The van der Waals surface area contributed by atoms with Gasteiger partial charge in [-0.05, 0) is 13.8 Å². The average molecular weight is 430 g/mol. The Hall–Kier alpha value is -0.297. The van der Waals surface area contributed by atoms with E-state index in [2.05, 4.69) is 0 Å². The van der Waals surface area contributed by atoms with Crippen LogP contribution in [0.5, 0.6) is 0 Å². The molecule has 15 heteroatoms. The summed E-state index contributed by atoms with van der Waals surface area (Å²) in [7, 11) is 0. The van der Waals surface area contributed by atoms with Gasteiger partial charge in [-0.2, -0.15) is 52.7 Å². The Labute approximate surface area is 133 Å². The summed E-state index contributed by atoms with van der Waals surface area (Å²) in [6, 6.07) is 0. The van der Waals surface area contributed by atoms with E-state index in [0.29, 0.717) is 0 Å². The van der Waals surface area contributed by atoms with Crippen molar-refractivity contribution < 1.29 is 82.4 Å². The first-order chi connectivity index (χ1) is 9.00. The van der Waals surface area contributed by atoms with Crippen LogP contribution in [0.2, 0.25) is 0 Å². The summed E-state index contributed by atoms with van der Waals surface area (Å²) < 4.78 is 136. The molecule has 0 radical (unpaired) electrons. The average Bonchev–Trinajstić information content (AvgIpc) is 2.10. The number of rotatable bonds is 0. The first kappa shape index (κ1) is 27.5. The van der Waals surface area contributed by atoms with E-state index >= 15 is 0 Å². The second-order valence-electron chi connectivity index (χ2n) is 4.14. The molecule has 2 N–H and O–H groups in total. The van der Waals surface area contributed by atoms with Gasteiger partial charge in [0.1, 0.15) is 0 Å². The van der Waals surface area contributed by atoms with Crippen LogP contribution in [0.25, 0.3) is 0 Å². The summed E-state index contributed by atoms with van der Waals surface area (Å²) in [4.78, 5) is 0. The van der Waals surface area contributed by atoms with Crippen LogP contribution in [0.4, 0.5) is 52.7 Å². The molecule has 0 aliphatic carbocycles.